The fourth-order valence-electron chi connectivity index (χ4n) is 1.91. The molecule has 0 aromatic heterocycles. The molecule has 1 heterocycles. The second kappa shape index (κ2) is 5.67. The largest absolute Gasteiger partial charge is 0.373 e. The summed E-state index contributed by atoms with van der Waals surface area (Å²) >= 11 is 5.72. The summed E-state index contributed by atoms with van der Waals surface area (Å²) in [6.45, 7) is 3.11. The number of ether oxygens (including phenoxy) is 1. The summed E-state index contributed by atoms with van der Waals surface area (Å²) < 4.78 is 18.8. The zero-order valence-electron chi connectivity index (χ0n) is 10.2. The maximum atomic E-state index is 13.4. The van der Waals surface area contributed by atoms with E-state index in [1.807, 2.05) is 0 Å². The van der Waals surface area contributed by atoms with E-state index in [0.717, 1.165) is 0 Å². The van der Waals surface area contributed by atoms with Crippen LogP contribution in [0.1, 0.15) is 15.9 Å². The van der Waals surface area contributed by atoms with Crippen LogP contribution in [0.5, 0.6) is 0 Å². The summed E-state index contributed by atoms with van der Waals surface area (Å²) in [4.78, 5) is 13.8. The molecule has 1 aliphatic rings. The van der Waals surface area contributed by atoms with Crippen molar-refractivity contribution in [2.24, 2.45) is 0 Å². The van der Waals surface area contributed by atoms with Crippen LogP contribution in [0.3, 0.4) is 0 Å². The zero-order chi connectivity index (χ0) is 13.1. The first-order valence-corrected chi connectivity index (χ1v) is 6.38. The molecule has 1 atom stereocenters. The first-order chi connectivity index (χ1) is 8.61. The molecule has 1 amide bonds. The van der Waals surface area contributed by atoms with Crippen LogP contribution in [0.15, 0.2) is 18.2 Å². The van der Waals surface area contributed by atoms with E-state index in [9.17, 15) is 9.18 Å². The highest BCUT2D eigenvalue weighted by molar-refractivity contribution is 6.18. The lowest BCUT2D eigenvalue weighted by Crippen LogP contribution is -2.46. The van der Waals surface area contributed by atoms with Gasteiger partial charge < -0.3 is 9.64 Å². The van der Waals surface area contributed by atoms with E-state index in [0.29, 0.717) is 36.7 Å². The molecule has 0 N–H and O–H groups in total. The van der Waals surface area contributed by atoms with Gasteiger partial charge in [-0.15, -0.1) is 11.6 Å². The summed E-state index contributed by atoms with van der Waals surface area (Å²) in [6, 6.07) is 4.54. The smallest absolute Gasteiger partial charge is 0.254 e. The summed E-state index contributed by atoms with van der Waals surface area (Å²) in [5.74, 6) is -0.179. The van der Waals surface area contributed by atoms with Crippen molar-refractivity contribution >= 4 is 17.5 Å². The van der Waals surface area contributed by atoms with Crippen molar-refractivity contribution in [3.63, 3.8) is 0 Å². The van der Waals surface area contributed by atoms with Crippen LogP contribution in [0.2, 0.25) is 0 Å². The highest BCUT2D eigenvalue weighted by Crippen LogP contribution is 2.14. The third-order valence-corrected chi connectivity index (χ3v) is 3.36. The molecule has 0 aliphatic carbocycles. The first-order valence-electron chi connectivity index (χ1n) is 5.85. The Labute approximate surface area is 110 Å². The minimum absolute atomic E-state index is 0.139. The number of carbonyl (C=O) groups is 1. The van der Waals surface area contributed by atoms with Gasteiger partial charge in [0, 0.05) is 18.7 Å². The van der Waals surface area contributed by atoms with Gasteiger partial charge in [0.2, 0.25) is 0 Å². The highest BCUT2D eigenvalue weighted by atomic mass is 35.5. The molecule has 1 aliphatic heterocycles. The van der Waals surface area contributed by atoms with Crippen LogP contribution in [-0.4, -0.2) is 42.5 Å². The Balaban J connectivity index is 2.12. The molecule has 1 saturated heterocycles. The predicted octanol–water partition coefficient (Wildman–Crippen LogP) is 2.21. The zero-order valence-corrected chi connectivity index (χ0v) is 10.9. The van der Waals surface area contributed by atoms with Crippen molar-refractivity contribution in [1.82, 2.24) is 4.90 Å². The van der Waals surface area contributed by atoms with Gasteiger partial charge in [-0.3, -0.25) is 4.79 Å². The molecule has 0 bridgehead atoms. The topological polar surface area (TPSA) is 29.5 Å². The van der Waals surface area contributed by atoms with E-state index in [1.54, 1.807) is 24.0 Å². The lowest BCUT2D eigenvalue weighted by molar-refractivity contribution is -0.0108. The molecule has 1 unspecified atom stereocenters. The summed E-state index contributed by atoms with van der Waals surface area (Å²) in [5.41, 5.74) is 0.903. The number of rotatable bonds is 2. The molecule has 1 aromatic rings. The van der Waals surface area contributed by atoms with E-state index >= 15 is 0 Å². The maximum absolute atomic E-state index is 13.4. The first kappa shape index (κ1) is 13.3. The van der Waals surface area contributed by atoms with Crippen molar-refractivity contribution < 1.29 is 13.9 Å². The molecular formula is C13H15ClFNO2. The standard InChI is InChI=1S/C13H15ClFNO2/c1-9-2-3-10(6-12(9)15)13(17)16-4-5-18-11(7-14)8-16/h2-3,6,11H,4-5,7-8H2,1H3. The van der Waals surface area contributed by atoms with Gasteiger partial charge in [-0.05, 0) is 24.6 Å². The van der Waals surface area contributed by atoms with Crippen LogP contribution in [0.4, 0.5) is 4.39 Å². The number of aryl methyl sites for hydroxylation is 1. The Morgan fingerprint density at radius 1 is 1.61 bits per heavy atom. The average Bonchev–Trinajstić information content (AvgIpc) is 2.41. The number of nitrogens with zero attached hydrogens (tertiary/aromatic N) is 1. The lowest BCUT2D eigenvalue weighted by atomic mass is 10.1. The lowest BCUT2D eigenvalue weighted by Gasteiger charge is -2.32. The highest BCUT2D eigenvalue weighted by Gasteiger charge is 2.24. The molecule has 0 radical (unpaired) electrons. The molecule has 3 nitrogen and oxygen atoms in total. The number of alkyl halides is 1. The second-order valence-corrected chi connectivity index (χ2v) is 4.67. The quantitative estimate of drug-likeness (QED) is 0.772. The fraction of sp³-hybridized carbons (Fsp3) is 0.462. The molecule has 5 heteroatoms. The van der Waals surface area contributed by atoms with E-state index < -0.39 is 0 Å². The molecular weight excluding hydrogens is 257 g/mol. The van der Waals surface area contributed by atoms with Gasteiger partial charge >= 0.3 is 0 Å². The molecule has 18 heavy (non-hydrogen) atoms. The Hall–Kier alpha value is -1.13. The Kier molecular flexibility index (Phi) is 4.19. The molecule has 0 saturated carbocycles. The van der Waals surface area contributed by atoms with E-state index in [4.69, 9.17) is 16.3 Å². The summed E-state index contributed by atoms with van der Waals surface area (Å²) in [5, 5.41) is 0. The molecule has 0 spiro atoms. The Morgan fingerprint density at radius 2 is 2.39 bits per heavy atom. The normalized spacial score (nSPS) is 19.9. The van der Waals surface area contributed by atoms with E-state index in [2.05, 4.69) is 0 Å². The number of benzene rings is 1. The third kappa shape index (κ3) is 2.82. The van der Waals surface area contributed by atoms with Crippen molar-refractivity contribution in [3.05, 3.63) is 35.1 Å². The number of morpholine rings is 1. The predicted molar refractivity (Wildman–Crippen MR) is 67.5 cm³/mol. The van der Waals surface area contributed by atoms with Crippen molar-refractivity contribution in [2.45, 2.75) is 13.0 Å². The van der Waals surface area contributed by atoms with Crippen molar-refractivity contribution in [2.75, 3.05) is 25.6 Å². The van der Waals surface area contributed by atoms with Gasteiger partial charge in [0.1, 0.15) is 5.82 Å². The van der Waals surface area contributed by atoms with Gasteiger partial charge in [0.15, 0.2) is 0 Å². The van der Waals surface area contributed by atoms with Crippen LogP contribution in [0, 0.1) is 12.7 Å². The van der Waals surface area contributed by atoms with Gasteiger partial charge in [-0.1, -0.05) is 6.07 Å². The van der Waals surface area contributed by atoms with Crippen LogP contribution in [0.25, 0.3) is 0 Å². The van der Waals surface area contributed by atoms with Crippen LogP contribution < -0.4 is 0 Å². The Bertz CT molecular complexity index is 453. The maximum Gasteiger partial charge on any atom is 0.254 e. The molecule has 1 aromatic carbocycles. The van der Waals surface area contributed by atoms with Gasteiger partial charge in [0.25, 0.3) is 5.91 Å². The number of hydrogen-bond acceptors (Lipinski definition) is 2. The number of hydrogen-bond donors (Lipinski definition) is 0. The minimum Gasteiger partial charge on any atom is -0.373 e. The van der Waals surface area contributed by atoms with Crippen LogP contribution in [-0.2, 0) is 4.74 Å². The van der Waals surface area contributed by atoms with Crippen molar-refractivity contribution in [1.29, 1.82) is 0 Å². The monoisotopic (exact) mass is 271 g/mol. The van der Waals surface area contributed by atoms with Gasteiger partial charge in [-0.25, -0.2) is 4.39 Å². The van der Waals surface area contributed by atoms with E-state index in [-0.39, 0.29) is 17.8 Å². The van der Waals surface area contributed by atoms with Crippen molar-refractivity contribution in [3.8, 4) is 0 Å². The number of carbonyl (C=O) groups excluding carboxylic acids is 1. The summed E-state index contributed by atoms with van der Waals surface area (Å²) in [6.07, 6.45) is -0.139. The average molecular weight is 272 g/mol. The number of halogens is 2. The summed E-state index contributed by atoms with van der Waals surface area (Å²) in [7, 11) is 0. The van der Waals surface area contributed by atoms with Gasteiger partial charge in [0.05, 0.1) is 18.6 Å². The number of amides is 1. The molecule has 2 rings (SSSR count). The SMILES string of the molecule is Cc1ccc(C(=O)N2CCOC(CCl)C2)cc1F. The second-order valence-electron chi connectivity index (χ2n) is 4.36. The molecule has 1 fully saturated rings. The van der Waals surface area contributed by atoms with Crippen LogP contribution >= 0.6 is 11.6 Å². The Morgan fingerprint density at radius 3 is 3.06 bits per heavy atom. The fourth-order valence-corrected chi connectivity index (χ4v) is 2.09. The minimum atomic E-state index is -0.358. The van der Waals surface area contributed by atoms with Gasteiger partial charge in [-0.2, -0.15) is 0 Å². The van der Waals surface area contributed by atoms with E-state index in [1.165, 1.54) is 6.07 Å². The third-order valence-electron chi connectivity index (χ3n) is 3.02. The molecule has 98 valence electrons.